The number of nitrogens with zero attached hydrogens (tertiary/aromatic N) is 1. The molecule has 0 saturated carbocycles. The minimum atomic E-state index is 0.155. The van der Waals surface area contributed by atoms with Crippen molar-refractivity contribution in [2.75, 3.05) is 33.3 Å². The molecule has 0 aromatic rings. The molecule has 112 valence electrons. The lowest BCUT2D eigenvalue weighted by molar-refractivity contribution is -0.0934. The second-order valence-corrected chi connectivity index (χ2v) is 6.58. The van der Waals surface area contributed by atoms with Gasteiger partial charge in [0.25, 0.3) is 0 Å². The maximum absolute atomic E-state index is 6.05. The van der Waals surface area contributed by atoms with E-state index >= 15 is 0 Å². The zero-order valence-corrected chi connectivity index (χ0v) is 13.1. The fraction of sp³-hybridized carbons (Fsp3) is 1.00. The van der Waals surface area contributed by atoms with Gasteiger partial charge >= 0.3 is 0 Å². The number of rotatable bonds is 5. The zero-order chi connectivity index (χ0) is 13.7. The summed E-state index contributed by atoms with van der Waals surface area (Å²) >= 11 is 0. The van der Waals surface area contributed by atoms with Gasteiger partial charge in [0.2, 0.25) is 0 Å². The highest BCUT2D eigenvalue weighted by Crippen LogP contribution is 2.31. The maximum Gasteiger partial charge on any atom is 0.0692 e. The number of piperidine rings is 1. The van der Waals surface area contributed by atoms with Gasteiger partial charge in [-0.05, 0) is 71.1 Å². The Balaban J connectivity index is 1.73. The van der Waals surface area contributed by atoms with E-state index in [2.05, 4.69) is 31.1 Å². The lowest BCUT2D eigenvalue weighted by Crippen LogP contribution is -2.48. The minimum Gasteiger partial charge on any atom is -0.375 e. The standard InChI is InChI=1S/C16H32N2O/c1-4-16(5-2)12-15(8-11-19-16)17-13-14-6-9-18(3)10-7-14/h14-15,17H,4-13H2,1-3H3. The van der Waals surface area contributed by atoms with Crippen molar-refractivity contribution in [3.8, 4) is 0 Å². The Morgan fingerprint density at radius 1 is 1.16 bits per heavy atom. The molecule has 19 heavy (non-hydrogen) atoms. The summed E-state index contributed by atoms with van der Waals surface area (Å²) in [5, 5.41) is 3.83. The van der Waals surface area contributed by atoms with Crippen LogP contribution in [0.3, 0.4) is 0 Å². The number of hydrogen-bond acceptors (Lipinski definition) is 3. The Labute approximate surface area is 119 Å². The van der Waals surface area contributed by atoms with E-state index in [1.54, 1.807) is 0 Å². The number of nitrogens with one attached hydrogen (secondary N) is 1. The highest BCUT2D eigenvalue weighted by Gasteiger charge is 2.34. The monoisotopic (exact) mass is 268 g/mol. The summed E-state index contributed by atoms with van der Waals surface area (Å²) in [5.41, 5.74) is 0.155. The van der Waals surface area contributed by atoms with Crippen LogP contribution in [0.25, 0.3) is 0 Å². The Hall–Kier alpha value is -0.120. The SMILES string of the molecule is CCC1(CC)CC(NCC2CCN(C)CC2)CCO1. The third kappa shape index (κ3) is 4.17. The largest absolute Gasteiger partial charge is 0.375 e. The average molecular weight is 268 g/mol. The summed E-state index contributed by atoms with van der Waals surface area (Å²) in [7, 11) is 2.24. The molecule has 2 aliphatic rings. The molecular weight excluding hydrogens is 236 g/mol. The van der Waals surface area contributed by atoms with Gasteiger partial charge in [0.05, 0.1) is 5.60 Å². The number of ether oxygens (including phenoxy) is 1. The quantitative estimate of drug-likeness (QED) is 0.829. The molecule has 0 aliphatic carbocycles. The molecule has 2 heterocycles. The summed E-state index contributed by atoms with van der Waals surface area (Å²) in [6.45, 7) is 9.22. The van der Waals surface area contributed by atoms with Gasteiger partial charge in [0, 0.05) is 12.6 Å². The van der Waals surface area contributed by atoms with E-state index in [0.29, 0.717) is 6.04 Å². The Morgan fingerprint density at radius 3 is 2.47 bits per heavy atom. The molecule has 2 rings (SSSR count). The van der Waals surface area contributed by atoms with Crippen molar-refractivity contribution < 1.29 is 4.74 Å². The van der Waals surface area contributed by atoms with Gasteiger partial charge in [-0.25, -0.2) is 0 Å². The molecule has 0 bridgehead atoms. The van der Waals surface area contributed by atoms with E-state index in [-0.39, 0.29) is 5.60 Å². The van der Waals surface area contributed by atoms with Gasteiger partial charge in [-0.3, -0.25) is 0 Å². The van der Waals surface area contributed by atoms with Crippen LogP contribution in [-0.4, -0.2) is 49.8 Å². The molecule has 2 fully saturated rings. The molecule has 0 radical (unpaired) electrons. The van der Waals surface area contributed by atoms with E-state index in [9.17, 15) is 0 Å². The number of hydrogen-bond donors (Lipinski definition) is 1. The van der Waals surface area contributed by atoms with Crippen molar-refractivity contribution in [1.29, 1.82) is 0 Å². The van der Waals surface area contributed by atoms with Crippen molar-refractivity contribution in [1.82, 2.24) is 10.2 Å². The van der Waals surface area contributed by atoms with Crippen molar-refractivity contribution in [2.45, 2.75) is 64.0 Å². The highest BCUT2D eigenvalue weighted by atomic mass is 16.5. The molecule has 1 unspecified atom stereocenters. The van der Waals surface area contributed by atoms with E-state index in [1.165, 1.54) is 45.3 Å². The fourth-order valence-corrected chi connectivity index (χ4v) is 3.54. The van der Waals surface area contributed by atoms with Gasteiger partial charge in [-0.1, -0.05) is 13.8 Å². The first-order valence-electron chi connectivity index (χ1n) is 8.23. The smallest absolute Gasteiger partial charge is 0.0692 e. The first-order valence-corrected chi connectivity index (χ1v) is 8.23. The fourth-order valence-electron chi connectivity index (χ4n) is 3.54. The van der Waals surface area contributed by atoms with Crippen LogP contribution in [0, 0.1) is 5.92 Å². The first kappa shape index (κ1) is 15.3. The van der Waals surface area contributed by atoms with E-state index in [1.807, 2.05) is 0 Å². The minimum absolute atomic E-state index is 0.155. The van der Waals surface area contributed by atoms with Crippen LogP contribution in [0.2, 0.25) is 0 Å². The lowest BCUT2D eigenvalue weighted by atomic mass is 9.85. The Morgan fingerprint density at radius 2 is 1.84 bits per heavy atom. The predicted molar refractivity (Wildman–Crippen MR) is 80.5 cm³/mol. The summed E-state index contributed by atoms with van der Waals surface area (Å²) in [5.74, 6) is 0.886. The van der Waals surface area contributed by atoms with Crippen LogP contribution >= 0.6 is 0 Å². The molecule has 3 nitrogen and oxygen atoms in total. The second kappa shape index (κ2) is 7.05. The maximum atomic E-state index is 6.05. The van der Waals surface area contributed by atoms with Gasteiger partial charge in [-0.2, -0.15) is 0 Å². The lowest BCUT2D eigenvalue weighted by Gasteiger charge is -2.41. The van der Waals surface area contributed by atoms with Crippen LogP contribution < -0.4 is 5.32 Å². The third-order valence-electron chi connectivity index (χ3n) is 5.31. The van der Waals surface area contributed by atoms with Gasteiger partial charge in [0.15, 0.2) is 0 Å². The van der Waals surface area contributed by atoms with Crippen molar-refractivity contribution in [2.24, 2.45) is 5.92 Å². The van der Waals surface area contributed by atoms with E-state index < -0.39 is 0 Å². The van der Waals surface area contributed by atoms with Gasteiger partial charge < -0.3 is 15.0 Å². The summed E-state index contributed by atoms with van der Waals surface area (Å²) in [4.78, 5) is 2.45. The van der Waals surface area contributed by atoms with Crippen molar-refractivity contribution in [3.63, 3.8) is 0 Å². The van der Waals surface area contributed by atoms with Crippen LogP contribution in [0.5, 0.6) is 0 Å². The number of likely N-dealkylation sites (tertiary alicyclic amines) is 1. The van der Waals surface area contributed by atoms with Crippen molar-refractivity contribution in [3.05, 3.63) is 0 Å². The third-order valence-corrected chi connectivity index (χ3v) is 5.31. The average Bonchev–Trinajstić information content (AvgIpc) is 2.47. The first-order chi connectivity index (χ1) is 9.17. The Kier molecular flexibility index (Phi) is 5.67. The topological polar surface area (TPSA) is 24.5 Å². The summed E-state index contributed by atoms with van der Waals surface area (Å²) < 4.78 is 6.05. The highest BCUT2D eigenvalue weighted by molar-refractivity contribution is 4.88. The molecule has 0 aromatic carbocycles. The molecule has 2 saturated heterocycles. The molecule has 0 spiro atoms. The van der Waals surface area contributed by atoms with E-state index in [4.69, 9.17) is 4.74 Å². The zero-order valence-electron chi connectivity index (χ0n) is 13.1. The van der Waals surface area contributed by atoms with Crippen LogP contribution in [-0.2, 0) is 4.74 Å². The molecular formula is C16H32N2O. The summed E-state index contributed by atoms with van der Waals surface area (Å²) in [6.07, 6.45) is 7.41. The van der Waals surface area contributed by atoms with Gasteiger partial charge in [0.1, 0.15) is 0 Å². The Bertz CT molecular complexity index is 257. The van der Waals surface area contributed by atoms with Gasteiger partial charge in [-0.15, -0.1) is 0 Å². The summed E-state index contributed by atoms with van der Waals surface area (Å²) in [6, 6.07) is 0.674. The molecule has 0 amide bonds. The van der Waals surface area contributed by atoms with Crippen LogP contribution in [0.1, 0.15) is 52.4 Å². The van der Waals surface area contributed by atoms with Crippen LogP contribution in [0.4, 0.5) is 0 Å². The molecule has 0 aromatic heterocycles. The molecule has 2 aliphatic heterocycles. The second-order valence-electron chi connectivity index (χ2n) is 6.58. The van der Waals surface area contributed by atoms with Crippen LogP contribution in [0.15, 0.2) is 0 Å². The predicted octanol–water partition coefficient (Wildman–Crippen LogP) is 2.66. The molecule has 1 N–H and O–H groups in total. The van der Waals surface area contributed by atoms with E-state index in [0.717, 1.165) is 25.4 Å². The molecule has 3 heteroatoms. The molecule has 1 atom stereocenters. The van der Waals surface area contributed by atoms with Crippen molar-refractivity contribution >= 4 is 0 Å². The normalized spacial score (nSPS) is 29.5.